The maximum atomic E-state index is 13.1. The number of thioether (sulfide) groups is 1. The zero-order valence-electron chi connectivity index (χ0n) is 20.4. The average molecular weight is 517 g/mol. The van der Waals surface area contributed by atoms with E-state index in [1.165, 1.54) is 11.0 Å². The van der Waals surface area contributed by atoms with Gasteiger partial charge in [-0.1, -0.05) is 54.1 Å². The number of carbonyl (C=O) groups excluding carboxylic acids is 1. The minimum atomic E-state index is -3.86. The van der Waals surface area contributed by atoms with E-state index in [1.54, 1.807) is 43.0 Å². The van der Waals surface area contributed by atoms with Gasteiger partial charge in [-0.3, -0.25) is 9.52 Å². The van der Waals surface area contributed by atoms with Gasteiger partial charge in [0, 0.05) is 27.6 Å². The summed E-state index contributed by atoms with van der Waals surface area (Å²) in [5.74, 6) is 0.461. The molecule has 0 heterocycles. The van der Waals surface area contributed by atoms with E-state index in [4.69, 9.17) is 0 Å². The van der Waals surface area contributed by atoms with Gasteiger partial charge in [-0.2, -0.15) is 0 Å². The van der Waals surface area contributed by atoms with E-state index in [1.807, 2.05) is 56.3 Å². The Labute approximate surface area is 217 Å². The predicted molar refractivity (Wildman–Crippen MR) is 148 cm³/mol. The van der Waals surface area contributed by atoms with Crippen molar-refractivity contribution >= 4 is 39.1 Å². The molecule has 4 rings (SSSR count). The number of nitrogens with one attached hydrogen (secondary N) is 2. The van der Waals surface area contributed by atoms with Crippen LogP contribution in [0.2, 0.25) is 0 Å². The van der Waals surface area contributed by atoms with Gasteiger partial charge < -0.3 is 5.32 Å². The molecule has 1 amide bonds. The highest BCUT2D eigenvalue weighted by atomic mass is 32.2. The number of amides is 1. The molecule has 0 aliphatic carbocycles. The van der Waals surface area contributed by atoms with Gasteiger partial charge in [0.25, 0.3) is 15.9 Å². The van der Waals surface area contributed by atoms with Crippen molar-refractivity contribution in [3.63, 3.8) is 0 Å². The number of hydrogen-bond donors (Lipinski definition) is 2. The number of anilines is 2. The van der Waals surface area contributed by atoms with Gasteiger partial charge in [0.15, 0.2) is 0 Å². The summed E-state index contributed by atoms with van der Waals surface area (Å²) >= 11 is 1.75. The molecule has 0 saturated heterocycles. The summed E-state index contributed by atoms with van der Waals surface area (Å²) in [5, 5.41) is 2.92. The number of aryl methyl sites for hydroxylation is 3. The van der Waals surface area contributed by atoms with Crippen molar-refractivity contribution in [1.29, 1.82) is 0 Å². The molecule has 0 fully saturated rings. The normalized spacial score (nSPS) is 11.2. The molecule has 0 spiro atoms. The van der Waals surface area contributed by atoms with Crippen LogP contribution in [0.25, 0.3) is 0 Å². The van der Waals surface area contributed by atoms with Crippen LogP contribution in [0.1, 0.15) is 32.6 Å². The molecule has 0 saturated carbocycles. The van der Waals surface area contributed by atoms with Crippen LogP contribution in [-0.2, 0) is 15.8 Å². The van der Waals surface area contributed by atoms with E-state index >= 15 is 0 Å². The van der Waals surface area contributed by atoms with Crippen LogP contribution < -0.4 is 10.0 Å². The maximum absolute atomic E-state index is 13.1. The fourth-order valence-electron chi connectivity index (χ4n) is 3.70. The van der Waals surface area contributed by atoms with E-state index in [9.17, 15) is 13.2 Å². The Balaban J connectivity index is 1.48. The predicted octanol–water partition coefficient (Wildman–Crippen LogP) is 6.96. The monoisotopic (exact) mass is 516 g/mol. The maximum Gasteiger partial charge on any atom is 0.262 e. The van der Waals surface area contributed by atoms with Crippen molar-refractivity contribution in [3.8, 4) is 0 Å². The number of sulfonamides is 1. The molecule has 0 radical (unpaired) electrons. The largest absolute Gasteiger partial charge is 0.322 e. The third kappa shape index (κ3) is 6.36. The summed E-state index contributed by atoms with van der Waals surface area (Å²) in [6, 6.07) is 27.9. The number of carbonyl (C=O) groups is 1. The van der Waals surface area contributed by atoms with Crippen LogP contribution in [0.5, 0.6) is 0 Å². The van der Waals surface area contributed by atoms with Crippen LogP contribution in [-0.4, -0.2) is 14.3 Å². The smallest absolute Gasteiger partial charge is 0.262 e. The number of rotatable bonds is 8. The summed E-state index contributed by atoms with van der Waals surface area (Å²) in [7, 11) is -3.86. The summed E-state index contributed by atoms with van der Waals surface area (Å²) in [5.41, 5.74) is 5.12. The summed E-state index contributed by atoms with van der Waals surface area (Å²) in [6.07, 6.45) is 0. The van der Waals surface area contributed by atoms with Gasteiger partial charge >= 0.3 is 0 Å². The van der Waals surface area contributed by atoms with Gasteiger partial charge in [0.2, 0.25) is 0 Å². The van der Waals surface area contributed by atoms with Gasteiger partial charge in [0.1, 0.15) is 0 Å². The van der Waals surface area contributed by atoms with Gasteiger partial charge in [0.05, 0.1) is 4.90 Å². The molecule has 4 aromatic rings. The van der Waals surface area contributed by atoms with Gasteiger partial charge in [-0.15, -0.1) is 11.8 Å². The highest BCUT2D eigenvalue weighted by Crippen LogP contribution is 2.26. The zero-order valence-corrected chi connectivity index (χ0v) is 22.0. The van der Waals surface area contributed by atoms with Gasteiger partial charge in [-0.25, -0.2) is 8.42 Å². The van der Waals surface area contributed by atoms with Crippen LogP contribution >= 0.6 is 11.8 Å². The molecule has 0 unspecified atom stereocenters. The third-order valence-electron chi connectivity index (χ3n) is 5.73. The van der Waals surface area contributed by atoms with Crippen molar-refractivity contribution in [2.24, 2.45) is 0 Å². The van der Waals surface area contributed by atoms with Crippen LogP contribution in [0.4, 0.5) is 11.4 Å². The SMILES string of the molecule is Cc1ccc(NS(=O)(=O)c2cc(C(=O)Nc3ccc(CSc4ccccc4)cc3C)ccc2C)cc1. The van der Waals surface area contributed by atoms with E-state index in [-0.39, 0.29) is 16.4 Å². The van der Waals surface area contributed by atoms with E-state index < -0.39 is 10.0 Å². The molecule has 0 aliphatic heterocycles. The third-order valence-corrected chi connectivity index (χ3v) is 8.34. The Morgan fingerprint density at radius 2 is 1.53 bits per heavy atom. The van der Waals surface area contributed by atoms with Crippen molar-refractivity contribution in [2.45, 2.75) is 36.3 Å². The van der Waals surface area contributed by atoms with E-state index in [0.29, 0.717) is 16.9 Å². The van der Waals surface area contributed by atoms with Gasteiger partial charge in [-0.05, 0) is 79.9 Å². The molecule has 0 atom stereocenters. The molecule has 2 N–H and O–H groups in total. The molecule has 7 heteroatoms. The molecular formula is C29H28N2O3S2. The highest BCUT2D eigenvalue weighted by molar-refractivity contribution is 7.98. The van der Waals surface area contributed by atoms with Crippen LogP contribution in [0, 0.1) is 20.8 Å². The first-order valence-electron chi connectivity index (χ1n) is 11.5. The number of hydrogen-bond acceptors (Lipinski definition) is 4. The lowest BCUT2D eigenvalue weighted by Crippen LogP contribution is -2.17. The molecule has 36 heavy (non-hydrogen) atoms. The van der Waals surface area contributed by atoms with E-state index in [0.717, 1.165) is 22.4 Å². The Hall–Kier alpha value is -3.55. The zero-order chi connectivity index (χ0) is 25.7. The summed E-state index contributed by atoms with van der Waals surface area (Å²) < 4.78 is 28.7. The summed E-state index contributed by atoms with van der Waals surface area (Å²) in [6.45, 7) is 5.59. The fraction of sp³-hybridized carbons (Fsp3) is 0.138. The molecule has 0 bridgehead atoms. The molecular weight excluding hydrogens is 488 g/mol. The second-order valence-electron chi connectivity index (χ2n) is 8.66. The fourth-order valence-corrected chi connectivity index (χ4v) is 5.89. The first-order valence-corrected chi connectivity index (χ1v) is 14.0. The Bertz CT molecular complexity index is 1480. The molecule has 184 valence electrons. The molecule has 4 aromatic carbocycles. The molecule has 0 aliphatic rings. The quantitative estimate of drug-likeness (QED) is 0.248. The van der Waals surface area contributed by atoms with E-state index in [2.05, 4.69) is 28.2 Å². The van der Waals surface area contributed by atoms with Crippen LogP contribution in [0.15, 0.2) is 101 Å². The van der Waals surface area contributed by atoms with Crippen molar-refractivity contribution in [3.05, 3.63) is 119 Å². The second-order valence-corrected chi connectivity index (χ2v) is 11.4. The first kappa shape index (κ1) is 25.5. The summed E-state index contributed by atoms with van der Waals surface area (Å²) in [4.78, 5) is 14.3. The second kappa shape index (κ2) is 11.0. The average Bonchev–Trinajstić information content (AvgIpc) is 2.86. The van der Waals surface area contributed by atoms with Crippen molar-refractivity contribution < 1.29 is 13.2 Å². The minimum absolute atomic E-state index is 0.0701. The van der Waals surface area contributed by atoms with Crippen molar-refractivity contribution in [2.75, 3.05) is 10.0 Å². The lowest BCUT2D eigenvalue weighted by Gasteiger charge is -2.13. The Morgan fingerprint density at radius 1 is 0.806 bits per heavy atom. The lowest BCUT2D eigenvalue weighted by atomic mass is 10.1. The highest BCUT2D eigenvalue weighted by Gasteiger charge is 2.20. The molecule has 0 aromatic heterocycles. The number of benzene rings is 4. The van der Waals surface area contributed by atoms with Crippen molar-refractivity contribution in [1.82, 2.24) is 0 Å². The lowest BCUT2D eigenvalue weighted by molar-refractivity contribution is 0.102. The standard InChI is InChI=1S/C29H28N2O3S2/c1-20-9-14-25(15-10-20)31-36(33,34)28-18-24(13-11-21(28)2)29(32)30-27-16-12-23(17-22(27)3)19-35-26-7-5-4-6-8-26/h4-18,31H,19H2,1-3H3,(H,30,32). The van der Waals surface area contributed by atoms with Crippen LogP contribution in [0.3, 0.4) is 0 Å². The minimum Gasteiger partial charge on any atom is -0.322 e. The first-order chi connectivity index (χ1) is 17.2. The topological polar surface area (TPSA) is 75.3 Å². The Morgan fingerprint density at radius 3 is 2.22 bits per heavy atom. The Kier molecular flexibility index (Phi) is 7.82. The molecule has 5 nitrogen and oxygen atoms in total.